The monoisotopic (exact) mass is 384 g/mol. The fourth-order valence-electron chi connectivity index (χ4n) is 2.47. The van der Waals surface area contributed by atoms with E-state index in [1.165, 1.54) is 11.3 Å². The second-order valence-corrected chi connectivity index (χ2v) is 7.07. The first-order valence-corrected chi connectivity index (χ1v) is 8.36. The van der Waals surface area contributed by atoms with Crippen LogP contribution in [0.2, 0.25) is 0 Å². The molecule has 21 heavy (non-hydrogen) atoms. The van der Waals surface area contributed by atoms with E-state index in [0.717, 1.165) is 9.35 Å². The number of carbonyl (C=O) groups is 1. The van der Waals surface area contributed by atoms with Gasteiger partial charge in [-0.3, -0.25) is 0 Å². The summed E-state index contributed by atoms with van der Waals surface area (Å²) in [6.07, 6.45) is -2.94. The van der Waals surface area contributed by atoms with E-state index in [-0.39, 0.29) is 12.8 Å². The van der Waals surface area contributed by atoms with Crippen LogP contribution in [0.15, 0.2) is 15.9 Å². The molecule has 2 unspecified atom stereocenters. The van der Waals surface area contributed by atoms with Crippen LogP contribution in [0.5, 0.6) is 0 Å². The summed E-state index contributed by atoms with van der Waals surface area (Å²) in [5.74, 6) is -1.30. The molecule has 3 nitrogen and oxygen atoms in total. The van der Waals surface area contributed by atoms with Crippen molar-refractivity contribution in [1.29, 1.82) is 0 Å². The molecule has 2 rings (SSSR count). The van der Waals surface area contributed by atoms with Crippen LogP contribution in [0.4, 0.5) is 18.0 Å². The Morgan fingerprint density at radius 2 is 2.19 bits per heavy atom. The second-order valence-electron chi connectivity index (χ2n) is 5.16. The topological polar surface area (TPSA) is 41.1 Å². The summed E-state index contributed by atoms with van der Waals surface area (Å²) in [4.78, 5) is 12.7. The van der Waals surface area contributed by atoms with E-state index in [2.05, 4.69) is 26.6 Å². The van der Waals surface area contributed by atoms with E-state index in [1.54, 1.807) is 0 Å². The van der Waals surface area contributed by atoms with Crippen molar-refractivity contribution in [2.24, 2.45) is 5.92 Å². The Bertz CT molecular complexity index is 492. The van der Waals surface area contributed by atoms with Gasteiger partial charge < -0.3 is 10.6 Å². The number of hydrogen-bond acceptors (Lipinski definition) is 2. The molecule has 0 saturated heterocycles. The predicted octanol–water partition coefficient (Wildman–Crippen LogP) is 4.43. The van der Waals surface area contributed by atoms with Gasteiger partial charge in [0.25, 0.3) is 0 Å². The zero-order chi connectivity index (χ0) is 15.5. The van der Waals surface area contributed by atoms with E-state index < -0.39 is 24.2 Å². The van der Waals surface area contributed by atoms with Gasteiger partial charge in [-0.25, -0.2) is 4.79 Å². The number of urea groups is 1. The van der Waals surface area contributed by atoms with Crippen molar-refractivity contribution in [3.05, 3.63) is 20.8 Å². The maximum absolute atomic E-state index is 12.7. The van der Waals surface area contributed by atoms with Gasteiger partial charge in [-0.2, -0.15) is 13.2 Å². The van der Waals surface area contributed by atoms with Gasteiger partial charge in [-0.05, 0) is 41.3 Å². The molecule has 0 radical (unpaired) electrons. The Morgan fingerprint density at radius 1 is 1.43 bits per heavy atom. The van der Waals surface area contributed by atoms with Crippen LogP contribution in [0.1, 0.15) is 30.6 Å². The first-order valence-electron chi connectivity index (χ1n) is 6.68. The summed E-state index contributed by atoms with van der Waals surface area (Å²) in [5.41, 5.74) is 0. The molecule has 118 valence electrons. The third-order valence-corrected chi connectivity index (χ3v) is 5.21. The average molecular weight is 385 g/mol. The lowest BCUT2D eigenvalue weighted by atomic mass is 9.85. The molecule has 0 spiro atoms. The Morgan fingerprint density at radius 3 is 2.81 bits per heavy atom. The Labute approximate surface area is 133 Å². The number of nitrogens with one attached hydrogen (secondary N) is 2. The molecule has 1 aromatic heterocycles. The van der Waals surface area contributed by atoms with Crippen molar-refractivity contribution in [2.75, 3.05) is 0 Å². The Hall–Kier alpha value is -0.760. The molecular formula is C13H16BrF3N2OS. The highest BCUT2D eigenvalue weighted by molar-refractivity contribution is 9.10. The van der Waals surface area contributed by atoms with Crippen molar-refractivity contribution in [2.45, 2.75) is 44.4 Å². The van der Waals surface area contributed by atoms with E-state index in [9.17, 15) is 18.0 Å². The Balaban J connectivity index is 1.77. The summed E-state index contributed by atoms with van der Waals surface area (Å²) in [7, 11) is 0. The maximum Gasteiger partial charge on any atom is 0.391 e. The average Bonchev–Trinajstić information content (AvgIpc) is 2.82. The third-order valence-electron chi connectivity index (χ3n) is 3.52. The molecule has 0 aliphatic heterocycles. The molecule has 2 atom stereocenters. The molecule has 2 amide bonds. The lowest BCUT2D eigenvalue weighted by Crippen LogP contribution is -2.45. The maximum atomic E-state index is 12.7. The van der Waals surface area contributed by atoms with E-state index in [0.29, 0.717) is 19.4 Å². The fourth-order valence-corrected chi connectivity index (χ4v) is 3.86. The van der Waals surface area contributed by atoms with Gasteiger partial charge in [0.2, 0.25) is 0 Å². The number of rotatable bonds is 3. The number of carbonyl (C=O) groups excluding carboxylic acids is 1. The first kappa shape index (κ1) is 16.6. The quantitative estimate of drug-likeness (QED) is 0.794. The minimum Gasteiger partial charge on any atom is -0.335 e. The molecule has 2 N–H and O–H groups in total. The normalized spacial score (nSPS) is 22.9. The van der Waals surface area contributed by atoms with E-state index in [1.807, 2.05) is 11.4 Å². The summed E-state index contributed by atoms with van der Waals surface area (Å²) in [6.45, 7) is 0.373. The summed E-state index contributed by atoms with van der Waals surface area (Å²) < 4.78 is 39.0. The van der Waals surface area contributed by atoms with Gasteiger partial charge in [0, 0.05) is 20.8 Å². The van der Waals surface area contributed by atoms with Crippen LogP contribution in [0, 0.1) is 5.92 Å². The smallest absolute Gasteiger partial charge is 0.335 e. The number of hydrogen-bond donors (Lipinski definition) is 2. The van der Waals surface area contributed by atoms with Crippen molar-refractivity contribution in [3.8, 4) is 0 Å². The molecule has 1 saturated carbocycles. The van der Waals surface area contributed by atoms with Gasteiger partial charge >= 0.3 is 12.2 Å². The van der Waals surface area contributed by atoms with Crippen LogP contribution in [-0.2, 0) is 6.54 Å². The van der Waals surface area contributed by atoms with Crippen LogP contribution >= 0.6 is 27.3 Å². The molecule has 1 fully saturated rings. The predicted molar refractivity (Wildman–Crippen MR) is 79.2 cm³/mol. The molecular weight excluding hydrogens is 369 g/mol. The van der Waals surface area contributed by atoms with Crippen LogP contribution in [0.3, 0.4) is 0 Å². The lowest BCUT2D eigenvalue weighted by molar-refractivity contribution is -0.183. The molecule has 1 aromatic rings. The highest BCUT2D eigenvalue weighted by Gasteiger charge is 2.42. The molecule has 0 bridgehead atoms. The fraction of sp³-hybridized carbons (Fsp3) is 0.615. The van der Waals surface area contributed by atoms with Gasteiger partial charge in [-0.1, -0.05) is 6.42 Å². The minimum absolute atomic E-state index is 0.0263. The standard InChI is InChI=1S/C13H16BrF3N2OS/c14-9-5-11(21-7-9)6-18-12(20)19-10-3-1-2-8(4-10)13(15,16)17/h5,7-8,10H,1-4,6H2,(H2,18,19,20). The first-order chi connectivity index (χ1) is 9.84. The largest absolute Gasteiger partial charge is 0.391 e. The molecule has 1 aliphatic carbocycles. The van der Waals surface area contributed by atoms with Crippen molar-refractivity contribution < 1.29 is 18.0 Å². The van der Waals surface area contributed by atoms with E-state index in [4.69, 9.17) is 0 Å². The number of halogens is 4. The molecule has 1 aliphatic rings. The number of thiophene rings is 1. The van der Waals surface area contributed by atoms with Crippen molar-refractivity contribution >= 4 is 33.3 Å². The highest BCUT2D eigenvalue weighted by Crippen LogP contribution is 2.37. The van der Waals surface area contributed by atoms with Gasteiger partial charge in [0.05, 0.1) is 12.5 Å². The number of amides is 2. The van der Waals surface area contributed by atoms with E-state index >= 15 is 0 Å². The van der Waals surface area contributed by atoms with Crippen LogP contribution < -0.4 is 10.6 Å². The molecule has 8 heteroatoms. The highest BCUT2D eigenvalue weighted by atomic mass is 79.9. The zero-order valence-corrected chi connectivity index (χ0v) is 13.6. The molecule has 0 aromatic carbocycles. The summed E-state index contributed by atoms with van der Waals surface area (Å²) in [5, 5.41) is 7.22. The third kappa shape index (κ3) is 5.18. The SMILES string of the molecule is O=C(NCc1cc(Br)cs1)NC1CCCC(C(F)(F)F)C1. The van der Waals surface area contributed by atoms with Gasteiger partial charge in [0.1, 0.15) is 0 Å². The summed E-state index contributed by atoms with van der Waals surface area (Å²) >= 11 is 4.82. The van der Waals surface area contributed by atoms with Crippen LogP contribution in [0.25, 0.3) is 0 Å². The lowest BCUT2D eigenvalue weighted by Gasteiger charge is -2.30. The zero-order valence-electron chi connectivity index (χ0n) is 11.2. The van der Waals surface area contributed by atoms with Crippen molar-refractivity contribution in [1.82, 2.24) is 10.6 Å². The van der Waals surface area contributed by atoms with Crippen LogP contribution in [-0.4, -0.2) is 18.2 Å². The summed E-state index contributed by atoms with van der Waals surface area (Å²) in [6, 6.07) is 1.08. The minimum atomic E-state index is -4.17. The number of alkyl halides is 3. The van der Waals surface area contributed by atoms with Gasteiger partial charge in [0.15, 0.2) is 0 Å². The molecule has 1 heterocycles. The van der Waals surface area contributed by atoms with Crippen molar-refractivity contribution in [3.63, 3.8) is 0 Å². The second kappa shape index (κ2) is 7.00. The van der Waals surface area contributed by atoms with Gasteiger partial charge in [-0.15, -0.1) is 11.3 Å². The Kier molecular flexibility index (Phi) is 5.54.